The number of hydrogen-bond donors (Lipinski definition) is 1. The Labute approximate surface area is 90.8 Å². The summed E-state index contributed by atoms with van der Waals surface area (Å²) in [7, 11) is 0. The van der Waals surface area contributed by atoms with Crippen LogP contribution >= 0.6 is 0 Å². The van der Waals surface area contributed by atoms with Crippen LogP contribution in [0.3, 0.4) is 0 Å². The number of morpholine rings is 1. The van der Waals surface area contributed by atoms with Gasteiger partial charge in [0.1, 0.15) is 0 Å². The highest BCUT2D eigenvalue weighted by molar-refractivity contribution is 5.53. The third-order valence-corrected chi connectivity index (χ3v) is 2.68. The Kier molecular flexibility index (Phi) is 2.82. The highest BCUT2D eigenvalue weighted by Crippen LogP contribution is 2.21. The SMILES string of the molecule is C[C@H]1CN(c2ccc(N)cc2)C[C@H](C)O1. The number of ether oxygens (including phenoxy) is 1. The van der Waals surface area contributed by atoms with Crippen LogP contribution in [0.15, 0.2) is 24.3 Å². The van der Waals surface area contributed by atoms with Crippen LogP contribution in [-0.4, -0.2) is 25.3 Å². The molecule has 1 fully saturated rings. The van der Waals surface area contributed by atoms with Gasteiger partial charge >= 0.3 is 0 Å². The molecule has 0 unspecified atom stereocenters. The standard InChI is InChI=1S/C12H18N2O/c1-9-7-14(8-10(2)15-9)12-5-3-11(13)4-6-12/h3-6,9-10H,7-8,13H2,1-2H3/t9-,10-/m0/s1. The van der Waals surface area contributed by atoms with Crippen molar-refractivity contribution in [3.8, 4) is 0 Å². The number of anilines is 2. The van der Waals surface area contributed by atoms with Gasteiger partial charge < -0.3 is 15.4 Å². The molecule has 0 saturated carbocycles. The van der Waals surface area contributed by atoms with Crippen LogP contribution in [0.5, 0.6) is 0 Å². The number of nitrogens with two attached hydrogens (primary N) is 1. The molecule has 1 aromatic carbocycles. The Morgan fingerprint density at radius 1 is 1.13 bits per heavy atom. The van der Waals surface area contributed by atoms with E-state index < -0.39 is 0 Å². The highest BCUT2D eigenvalue weighted by atomic mass is 16.5. The first-order valence-corrected chi connectivity index (χ1v) is 5.41. The average Bonchev–Trinajstić information content (AvgIpc) is 2.17. The normalized spacial score (nSPS) is 26.7. The van der Waals surface area contributed by atoms with Crippen LogP contribution in [0.1, 0.15) is 13.8 Å². The average molecular weight is 206 g/mol. The predicted octanol–water partition coefficient (Wildman–Crippen LogP) is 1.88. The molecule has 0 amide bonds. The molecule has 0 bridgehead atoms. The second kappa shape index (κ2) is 4.11. The van der Waals surface area contributed by atoms with E-state index in [1.54, 1.807) is 0 Å². The lowest BCUT2D eigenvalue weighted by atomic mass is 10.2. The first kappa shape index (κ1) is 10.3. The van der Waals surface area contributed by atoms with Crippen molar-refractivity contribution in [1.29, 1.82) is 0 Å². The Bertz CT molecular complexity index is 313. The summed E-state index contributed by atoms with van der Waals surface area (Å²) in [5.41, 5.74) is 7.71. The maximum Gasteiger partial charge on any atom is 0.0726 e. The molecule has 1 saturated heterocycles. The van der Waals surface area contributed by atoms with Gasteiger partial charge in [-0.15, -0.1) is 0 Å². The second-order valence-electron chi connectivity index (χ2n) is 4.25. The summed E-state index contributed by atoms with van der Waals surface area (Å²) >= 11 is 0. The van der Waals surface area contributed by atoms with Crippen LogP contribution in [0.4, 0.5) is 11.4 Å². The van der Waals surface area contributed by atoms with Gasteiger partial charge in [0.15, 0.2) is 0 Å². The lowest BCUT2D eigenvalue weighted by Crippen LogP contribution is -2.45. The third kappa shape index (κ3) is 2.42. The first-order chi connectivity index (χ1) is 7.15. The summed E-state index contributed by atoms with van der Waals surface area (Å²) in [6, 6.07) is 8.03. The fraction of sp³-hybridized carbons (Fsp3) is 0.500. The van der Waals surface area contributed by atoms with Crippen LogP contribution < -0.4 is 10.6 Å². The Balaban J connectivity index is 2.12. The molecule has 0 spiro atoms. The van der Waals surface area contributed by atoms with Gasteiger partial charge in [-0.3, -0.25) is 0 Å². The third-order valence-electron chi connectivity index (χ3n) is 2.68. The summed E-state index contributed by atoms with van der Waals surface area (Å²) in [5, 5.41) is 0. The molecule has 2 atom stereocenters. The van der Waals surface area contributed by atoms with Crippen LogP contribution in [-0.2, 0) is 4.74 Å². The number of nitrogens with zero attached hydrogens (tertiary/aromatic N) is 1. The summed E-state index contributed by atoms with van der Waals surface area (Å²) in [5.74, 6) is 0. The molecule has 1 aromatic rings. The van der Waals surface area contributed by atoms with Crippen molar-refractivity contribution in [3.05, 3.63) is 24.3 Å². The molecule has 3 nitrogen and oxygen atoms in total. The molecule has 1 heterocycles. The first-order valence-electron chi connectivity index (χ1n) is 5.41. The van der Waals surface area contributed by atoms with Gasteiger partial charge in [-0.05, 0) is 38.1 Å². The van der Waals surface area contributed by atoms with Crippen molar-refractivity contribution in [2.75, 3.05) is 23.7 Å². The van der Waals surface area contributed by atoms with Gasteiger partial charge in [0.2, 0.25) is 0 Å². The summed E-state index contributed by atoms with van der Waals surface area (Å²) in [6.07, 6.45) is 0.595. The minimum absolute atomic E-state index is 0.298. The van der Waals surface area contributed by atoms with E-state index >= 15 is 0 Å². The minimum atomic E-state index is 0.298. The largest absolute Gasteiger partial charge is 0.399 e. The predicted molar refractivity (Wildman–Crippen MR) is 63.1 cm³/mol. The van der Waals surface area contributed by atoms with Crippen molar-refractivity contribution < 1.29 is 4.74 Å². The molecule has 0 aromatic heterocycles. The Morgan fingerprint density at radius 3 is 2.20 bits per heavy atom. The summed E-state index contributed by atoms with van der Waals surface area (Å²) in [4.78, 5) is 2.35. The molecular formula is C12H18N2O. The number of rotatable bonds is 1. The van der Waals surface area contributed by atoms with Crippen molar-refractivity contribution in [3.63, 3.8) is 0 Å². The zero-order valence-electron chi connectivity index (χ0n) is 9.31. The van der Waals surface area contributed by atoms with E-state index in [2.05, 4.69) is 30.9 Å². The van der Waals surface area contributed by atoms with Crippen LogP contribution in [0.2, 0.25) is 0 Å². The van der Waals surface area contributed by atoms with Crippen molar-refractivity contribution in [2.24, 2.45) is 0 Å². The van der Waals surface area contributed by atoms with E-state index in [0.717, 1.165) is 18.8 Å². The molecule has 2 N–H and O–H groups in total. The van der Waals surface area contributed by atoms with Crippen molar-refractivity contribution in [2.45, 2.75) is 26.1 Å². The Morgan fingerprint density at radius 2 is 1.67 bits per heavy atom. The monoisotopic (exact) mass is 206 g/mol. The topological polar surface area (TPSA) is 38.5 Å². The van der Waals surface area contributed by atoms with Crippen LogP contribution in [0.25, 0.3) is 0 Å². The highest BCUT2D eigenvalue weighted by Gasteiger charge is 2.21. The van der Waals surface area contributed by atoms with Gasteiger partial charge in [-0.25, -0.2) is 0 Å². The van der Waals surface area contributed by atoms with Gasteiger partial charge in [0.05, 0.1) is 12.2 Å². The van der Waals surface area contributed by atoms with E-state index in [1.165, 1.54) is 5.69 Å². The van der Waals surface area contributed by atoms with E-state index in [4.69, 9.17) is 10.5 Å². The number of benzene rings is 1. The molecule has 1 aliphatic heterocycles. The second-order valence-corrected chi connectivity index (χ2v) is 4.25. The number of hydrogen-bond acceptors (Lipinski definition) is 3. The molecular weight excluding hydrogens is 188 g/mol. The maximum absolute atomic E-state index is 5.70. The molecule has 0 aliphatic carbocycles. The lowest BCUT2D eigenvalue weighted by molar-refractivity contribution is -0.00521. The van der Waals surface area contributed by atoms with Gasteiger partial charge in [0.25, 0.3) is 0 Å². The quantitative estimate of drug-likeness (QED) is 0.713. The molecule has 1 aliphatic rings. The minimum Gasteiger partial charge on any atom is -0.399 e. The van der Waals surface area contributed by atoms with E-state index in [-0.39, 0.29) is 0 Å². The molecule has 15 heavy (non-hydrogen) atoms. The number of nitrogen functional groups attached to an aromatic ring is 1. The van der Waals surface area contributed by atoms with Gasteiger partial charge in [-0.1, -0.05) is 0 Å². The fourth-order valence-corrected chi connectivity index (χ4v) is 2.07. The van der Waals surface area contributed by atoms with E-state index in [9.17, 15) is 0 Å². The fourth-order valence-electron chi connectivity index (χ4n) is 2.07. The Hall–Kier alpha value is -1.22. The van der Waals surface area contributed by atoms with E-state index in [1.807, 2.05) is 12.1 Å². The lowest BCUT2D eigenvalue weighted by Gasteiger charge is -2.36. The van der Waals surface area contributed by atoms with Gasteiger partial charge in [-0.2, -0.15) is 0 Å². The zero-order valence-corrected chi connectivity index (χ0v) is 9.31. The zero-order chi connectivity index (χ0) is 10.8. The van der Waals surface area contributed by atoms with Crippen molar-refractivity contribution >= 4 is 11.4 Å². The van der Waals surface area contributed by atoms with Crippen molar-refractivity contribution in [1.82, 2.24) is 0 Å². The summed E-state index contributed by atoms with van der Waals surface area (Å²) in [6.45, 7) is 6.13. The maximum atomic E-state index is 5.70. The van der Waals surface area contributed by atoms with Gasteiger partial charge in [0, 0.05) is 24.5 Å². The van der Waals surface area contributed by atoms with Crippen LogP contribution in [0, 0.1) is 0 Å². The smallest absolute Gasteiger partial charge is 0.0726 e. The molecule has 3 heteroatoms. The van der Waals surface area contributed by atoms with E-state index in [0.29, 0.717) is 12.2 Å². The summed E-state index contributed by atoms with van der Waals surface area (Å²) < 4.78 is 5.70. The molecule has 0 radical (unpaired) electrons. The molecule has 2 rings (SSSR count). The molecule has 82 valence electrons.